The van der Waals surface area contributed by atoms with E-state index in [4.69, 9.17) is 4.74 Å². The molecule has 20 heavy (non-hydrogen) atoms. The summed E-state index contributed by atoms with van der Waals surface area (Å²) in [6, 6.07) is 0.548. The highest BCUT2D eigenvalue weighted by Gasteiger charge is 2.27. The molecule has 5 nitrogen and oxygen atoms in total. The van der Waals surface area contributed by atoms with Gasteiger partial charge in [-0.2, -0.15) is 0 Å². The van der Waals surface area contributed by atoms with Gasteiger partial charge in [-0.1, -0.05) is 13.3 Å². The van der Waals surface area contributed by atoms with Crippen LogP contribution in [0.2, 0.25) is 0 Å². The smallest absolute Gasteiger partial charge is 0.407 e. The monoisotopic (exact) mass is 286 g/mol. The Morgan fingerprint density at radius 1 is 1.35 bits per heavy atom. The van der Waals surface area contributed by atoms with Crippen LogP contribution < -0.4 is 10.6 Å². The second-order valence-electron chi connectivity index (χ2n) is 6.70. The number of aliphatic hydroxyl groups is 1. The molecule has 0 aromatic carbocycles. The summed E-state index contributed by atoms with van der Waals surface area (Å²) in [7, 11) is 0. The van der Waals surface area contributed by atoms with Gasteiger partial charge >= 0.3 is 6.09 Å². The van der Waals surface area contributed by atoms with E-state index in [1.165, 1.54) is 0 Å². The molecule has 0 saturated heterocycles. The molecular weight excluding hydrogens is 256 g/mol. The summed E-state index contributed by atoms with van der Waals surface area (Å²) in [6.07, 6.45) is 4.11. The van der Waals surface area contributed by atoms with Gasteiger partial charge in [0.25, 0.3) is 0 Å². The van der Waals surface area contributed by atoms with Crippen LogP contribution in [0.3, 0.4) is 0 Å². The molecule has 118 valence electrons. The van der Waals surface area contributed by atoms with Crippen LogP contribution >= 0.6 is 0 Å². The van der Waals surface area contributed by atoms with E-state index in [0.29, 0.717) is 12.6 Å². The molecule has 1 amide bonds. The summed E-state index contributed by atoms with van der Waals surface area (Å²) in [6.45, 7) is 8.29. The number of aliphatic hydroxyl groups excluding tert-OH is 1. The van der Waals surface area contributed by atoms with Crippen LogP contribution in [0.15, 0.2) is 0 Å². The molecule has 0 aliphatic heterocycles. The molecule has 0 aromatic rings. The Balaban J connectivity index is 2.21. The van der Waals surface area contributed by atoms with E-state index in [9.17, 15) is 9.90 Å². The minimum atomic E-state index is -0.454. The fourth-order valence-electron chi connectivity index (χ4n) is 2.51. The van der Waals surface area contributed by atoms with Gasteiger partial charge in [-0.25, -0.2) is 4.79 Å². The van der Waals surface area contributed by atoms with Gasteiger partial charge in [0, 0.05) is 18.6 Å². The normalized spacial score (nSPS) is 24.4. The molecule has 1 aliphatic carbocycles. The lowest BCUT2D eigenvalue weighted by molar-refractivity contribution is 0.0505. The van der Waals surface area contributed by atoms with Gasteiger partial charge in [-0.05, 0) is 46.5 Å². The molecule has 0 spiro atoms. The van der Waals surface area contributed by atoms with Crippen LogP contribution in [-0.4, -0.2) is 41.5 Å². The Hall–Kier alpha value is -0.810. The molecular formula is C15H30N2O3. The van der Waals surface area contributed by atoms with Gasteiger partial charge in [-0.15, -0.1) is 0 Å². The zero-order chi connectivity index (χ0) is 15.2. The standard InChI is InChI=1S/C15H30N2O3/c1-5-6-13(18)10-16-11-7-8-12(9-11)17-14(19)20-15(2,3)4/h11-13,16,18H,5-10H2,1-4H3,(H,17,19). The van der Waals surface area contributed by atoms with Crippen LogP contribution in [0.1, 0.15) is 59.8 Å². The fourth-order valence-corrected chi connectivity index (χ4v) is 2.51. The molecule has 1 aliphatic rings. The van der Waals surface area contributed by atoms with Gasteiger partial charge < -0.3 is 20.5 Å². The third-order valence-corrected chi connectivity index (χ3v) is 3.42. The first-order chi connectivity index (χ1) is 9.30. The maximum Gasteiger partial charge on any atom is 0.407 e. The van der Waals surface area contributed by atoms with Gasteiger partial charge in [0.05, 0.1) is 6.10 Å². The maximum absolute atomic E-state index is 11.7. The zero-order valence-corrected chi connectivity index (χ0v) is 13.2. The average molecular weight is 286 g/mol. The van der Waals surface area contributed by atoms with Crippen molar-refractivity contribution in [3.63, 3.8) is 0 Å². The first kappa shape index (κ1) is 17.2. The molecule has 0 aromatic heterocycles. The Kier molecular flexibility index (Phi) is 6.76. The van der Waals surface area contributed by atoms with E-state index < -0.39 is 5.60 Å². The lowest BCUT2D eigenvalue weighted by Crippen LogP contribution is -2.39. The molecule has 3 unspecified atom stereocenters. The highest BCUT2D eigenvalue weighted by Crippen LogP contribution is 2.20. The number of amides is 1. The fraction of sp³-hybridized carbons (Fsp3) is 0.933. The molecule has 5 heteroatoms. The lowest BCUT2D eigenvalue weighted by atomic mass is 10.2. The number of carbonyl (C=O) groups excluding carboxylic acids is 1. The van der Waals surface area contributed by atoms with Gasteiger partial charge in [0.15, 0.2) is 0 Å². The molecule has 3 atom stereocenters. The van der Waals surface area contributed by atoms with E-state index in [-0.39, 0.29) is 18.2 Å². The maximum atomic E-state index is 11.7. The van der Waals surface area contributed by atoms with Crippen molar-refractivity contribution in [2.24, 2.45) is 0 Å². The third kappa shape index (κ3) is 7.10. The predicted octanol–water partition coefficient (Wildman–Crippen LogP) is 2.18. The quantitative estimate of drug-likeness (QED) is 0.700. The summed E-state index contributed by atoms with van der Waals surface area (Å²) < 4.78 is 5.25. The minimum Gasteiger partial charge on any atom is -0.444 e. The molecule has 0 heterocycles. The number of ether oxygens (including phenoxy) is 1. The van der Waals surface area contributed by atoms with Crippen molar-refractivity contribution in [1.29, 1.82) is 0 Å². The van der Waals surface area contributed by atoms with E-state index in [0.717, 1.165) is 32.1 Å². The van der Waals surface area contributed by atoms with Crippen LogP contribution in [-0.2, 0) is 4.74 Å². The predicted molar refractivity (Wildman–Crippen MR) is 79.7 cm³/mol. The van der Waals surface area contributed by atoms with Gasteiger partial charge in [0.1, 0.15) is 5.60 Å². The van der Waals surface area contributed by atoms with Crippen molar-refractivity contribution in [3.8, 4) is 0 Å². The van der Waals surface area contributed by atoms with Crippen LogP contribution in [0.5, 0.6) is 0 Å². The lowest BCUT2D eigenvalue weighted by Gasteiger charge is -2.22. The molecule has 1 saturated carbocycles. The summed E-state index contributed by atoms with van der Waals surface area (Å²) in [4.78, 5) is 11.7. The average Bonchev–Trinajstić information content (AvgIpc) is 2.71. The van der Waals surface area contributed by atoms with E-state index >= 15 is 0 Å². The van der Waals surface area contributed by atoms with Crippen LogP contribution in [0, 0.1) is 0 Å². The first-order valence-electron chi connectivity index (χ1n) is 7.71. The SMILES string of the molecule is CCCC(O)CNC1CCC(NC(=O)OC(C)(C)C)C1. The number of hydrogen-bond acceptors (Lipinski definition) is 4. The second-order valence-corrected chi connectivity index (χ2v) is 6.70. The molecule has 3 N–H and O–H groups in total. The second kappa shape index (κ2) is 7.84. The van der Waals surface area contributed by atoms with Crippen molar-refractivity contribution in [2.75, 3.05) is 6.54 Å². The Morgan fingerprint density at radius 3 is 2.60 bits per heavy atom. The highest BCUT2D eigenvalue weighted by molar-refractivity contribution is 5.68. The summed E-state index contributed by atoms with van der Waals surface area (Å²) in [5, 5.41) is 16.0. The van der Waals surface area contributed by atoms with E-state index in [2.05, 4.69) is 17.6 Å². The van der Waals surface area contributed by atoms with Crippen LogP contribution in [0.4, 0.5) is 4.79 Å². The number of hydrogen-bond donors (Lipinski definition) is 3. The van der Waals surface area contributed by atoms with Gasteiger partial charge in [0.2, 0.25) is 0 Å². The van der Waals surface area contributed by atoms with Gasteiger partial charge in [-0.3, -0.25) is 0 Å². The molecule has 0 radical (unpaired) electrons. The zero-order valence-electron chi connectivity index (χ0n) is 13.2. The topological polar surface area (TPSA) is 70.6 Å². The third-order valence-electron chi connectivity index (χ3n) is 3.42. The van der Waals surface area contributed by atoms with E-state index in [1.54, 1.807) is 0 Å². The van der Waals surface area contributed by atoms with E-state index in [1.807, 2.05) is 20.8 Å². The molecule has 1 fully saturated rings. The van der Waals surface area contributed by atoms with Crippen molar-refractivity contribution in [3.05, 3.63) is 0 Å². The van der Waals surface area contributed by atoms with Crippen molar-refractivity contribution in [1.82, 2.24) is 10.6 Å². The number of nitrogens with one attached hydrogen (secondary N) is 2. The Morgan fingerprint density at radius 2 is 2.00 bits per heavy atom. The summed E-state index contributed by atoms with van der Waals surface area (Å²) in [5.74, 6) is 0. The van der Waals surface area contributed by atoms with Crippen LogP contribution in [0.25, 0.3) is 0 Å². The largest absolute Gasteiger partial charge is 0.444 e. The summed E-state index contributed by atoms with van der Waals surface area (Å²) >= 11 is 0. The number of carbonyl (C=O) groups is 1. The Labute approximate surface area is 122 Å². The molecule has 1 rings (SSSR count). The van der Waals surface area contributed by atoms with Crippen molar-refractivity contribution < 1.29 is 14.6 Å². The number of alkyl carbamates (subject to hydrolysis) is 1. The number of rotatable bonds is 6. The Bertz CT molecular complexity index is 302. The van der Waals surface area contributed by atoms with Crippen molar-refractivity contribution in [2.45, 2.75) is 83.6 Å². The minimum absolute atomic E-state index is 0.172. The first-order valence-corrected chi connectivity index (χ1v) is 7.71. The van der Waals surface area contributed by atoms with Crippen molar-refractivity contribution >= 4 is 6.09 Å². The highest BCUT2D eigenvalue weighted by atomic mass is 16.6. The summed E-state index contributed by atoms with van der Waals surface area (Å²) in [5.41, 5.74) is -0.454. The molecule has 0 bridgehead atoms.